The summed E-state index contributed by atoms with van der Waals surface area (Å²) in [6, 6.07) is 20.2. The van der Waals surface area contributed by atoms with E-state index in [1.807, 2.05) is 30.3 Å². The molecule has 1 heterocycles. The standard InChI is InChI=1S/C21H24N2O2/c22-12-10-17-6-8-21(9-7-17)25-16-20(24)15-23-13-11-19(14-23)18-4-2-1-3-5-18/h1-9,19-20,24H,10-11,13-16H2. The Morgan fingerprint density at radius 2 is 1.92 bits per heavy atom. The number of nitriles is 1. The summed E-state index contributed by atoms with van der Waals surface area (Å²) in [4.78, 5) is 2.31. The predicted molar refractivity (Wildman–Crippen MR) is 97.5 cm³/mol. The highest BCUT2D eigenvalue weighted by Gasteiger charge is 2.25. The predicted octanol–water partition coefficient (Wildman–Crippen LogP) is 2.98. The zero-order valence-electron chi connectivity index (χ0n) is 14.3. The second-order valence-corrected chi connectivity index (χ2v) is 6.60. The van der Waals surface area contributed by atoms with Gasteiger partial charge in [-0.1, -0.05) is 42.5 Å². The maximum atomic E-state index is 10.3. The van der Waals surface area contributed by atoms with Gasteiger partial charge in [-0.25, -0.2) is 0 Å². The molecule has 0 spiro atoms. The maximum absolute atomic E-state index is 10.3. The Kier molecular flexibility index (Phi) is 6.05. The molecule has 4 heteroatoms. The second-order valence-electron chi connectivity index (χ2n) is 6.60. The lowest BCUT2D eigenvalue weighted by molar-refractivity contribution is 0.0754. The van der Waals surface area contributed by atoms with Crippen LogP contribution in [0.15, 0.2) is 54.6 Å². The van der Waals surface area contributed by atoms with Gasteiger partial charge in [-0.3, -0.25) is 0 Å². The molecule has 3 rings (SSSR count). The minimum atomic E-state index is -0.506. The molecule has 1 saturated heterocycles. The van der Waals surface area contributed by atoms with E-state index in [0.29, 0.717) is 18.9 Å². The van der Waals surface area contributed by atoms with Crippen LogP contribution in [0.3, 0.4) is 0 Å². The van der Waals surface area contributed by atoms with Crippen molar-refractivity contribution >= 4 is 0 Å². The highest BCUT2D eigenvalue weighted by atomic mass is 16.5. The summed E-state index contributed by atoms with van der Waals surface area (Å²) in [7, 11) is 0. The largest absolute Gasteiger partial charge is 0.491 e. The van der Waals surface area contributed by atoms with Crippen LogP contribution in [0.5, 0.6) is 5.75 Å². The summed E-state index contributed by atoms with van der Waals surface area (Å²) in [6.07, 6.45) is 1.03. The average molecular weight is 336 g/mol. The first-order valence-corrected chi connectivity index (χ1v) is 8.78. The number of hydrogen-bond acceptors (Lipinski definition) is 4. The zero-order chi connectivity index (χ0) is 17.5. The Labute approximate surface area is 149 Å². The molecule has 25 heavy (non-hydrogen) atoms. The van der Waals surface area contributed by atoms with Crippen LogP contribution in [0, 0.1) is 11.3 Å². The van der Waals surface area contributed by atoms with Gasteiger partial charge < -0.3 is 14.7 Å². The van der Waals surface area contributed by atoms with Gasteiger partial charge in [-0.2, -0.15) is 5.26 Å². The van der Waals surface area contributed by atoms with Gasteiger partial charge in [-0.05, 0) is 42.1 Å². The number of aliphatic hydroxyl groups excluding tert-OH is 1. The molecule has 0 amide bonds. The number of β-amino-alcohol motifs (C(OH)–C–C–N with tert-alkyl or cyclic N) is 1. The van der Waals surface area contributed by atoms with E-state index in [4.69, 9.17) is 10.00 Å². The number of aliphatic hydroxyl groups is 1. The highest BCUT2D eigenvalue weighted by Crippen LogP contribution is 2.26. The van der Waals surface area contributed by atoms with Crippen LogP contribution in [0.25, 0.3) is 0 Å². The quantitative estimate of drug-likeness (QED) is 0.844. The van der Waals surface area contributed by atoms with Crippen molar-refractivity contribution in [3.05, 3.63) is 65.7 Å². The first-order chi connectivity index (χ1) is 12.2. The monoisotopic (exact) mass is 336 g/mol. The molecule has 1 fully saturated rings. The van der Waals surface area contributed by atoms with Crippen LogP contribution in [0.4, 0.5) is 0 Å². The lowest BCUT2D eigenvalue weighted by Gasteiger charge is -2.20. The van der Waals surface area contributed by atoms with E-state index in [9.17, 15) is 5.11 Å². The first-order valence-electron chi connectivity index (χ1n) is 8.78. The molecule has 0 saturated carbocycles. The van der Waals surface area contributed by atoms with Crippen molar-refractivity contribution in [1.29, 1.82) is 5.26 Å². The van der Waals surface area contributed by atoms with E-state index in [-0.39, 0.29) is 6.61 Å². The van der Waals surface area contributed by atoms with Gasteiger partial charge in [0.25, 0.3) is 0 Å². The van der Waals surface area contributed by atoms with E-state index >= 15 is 0 Å². The molecule has 0 bridgehead atoms. The minimum absolute atomic E-state index is 0.282. The molecule has 0 radical (unpaired) electrons. The van der Waals surface area contributed by atoms with Crippen molar-refractivity contribution in [2.24, 2.45) is 0 Å². The van der Waals surface area contributed by atoms with Crippen molar-refractivity contribution in [2.45, 2.75) is 24.9 Å². The van der Waals surface area contributed by atoms with Crippen LogP contribution in [0.1, 0.15) is 23.5 Å². The molecule has 2 unspecified atom stereocenters. The van der Waals surface area contributed by atoms with Crippen molar-refractivity contribution in [2.75, 3.05) is 26.2 Å². The number of likely N-dealkylation sites (tertiary alicyclic amines) is 1. The summed E-state index contributed by atoms with van der Waals surface area (Å²) in [5, 5.41) is 18.9. The van der Waals surface area contributed by atoms with Crippen molar-refractivity contribution in [1.82, 2.24) is 4.90 Å². The molecular weight excluding hydrogens is 312 g/mol. The van der Waals surface area contributed by atoms with Gasteiger partial charge in [0.05, 0.1) is 12.5 Å². The number of benzene rings is 2. The van der Waals surface area contributed by atoms with Crippen molar-refractivity contribution < 1.29 is 9.84 Å². The number of hydrogen-bond donors (Lipinski definition) is 1. The summed E-state index contributed by atoms with van der Waals surface area (Å²) < 4.78 is 5.66. The van der Waals surface area contributed by atoms with E-state index in [1.54, 1.807) is 0 Å². The molecule has 2 aromatic rings. The third-order valence-electron chi connectivity index (χ3n) is 4.66. The Balaban J connectivity index is 1.42. The molecule has 0 aromatic heterocycles. The lowest BCUT2D eigenvalue weighted by atomic mass is 9.99. The molecule has 1 aliphatic rings. The third-order valence-corrected chi connectivity index (χ3v) is 4.66. The SMILES string of the molecule is N#CCc1ccc(OCC(O)CN2CCC(c3ccccc3)C2)cc1. The zero-order valence-corrected chi connectivity index (χ0v) is 14.3. The fourth-order valence-corrected chi connectivity index (χ4v) is 3.33. The lowest BCUT2D eigenvalue weighted by Crippen LogP contribution is -2.34. The Bertz CT molecular complexity index is 694. The molecule has 4 nitrogen and oxygen atoms in total. The number of nitrogens with zero attached hydrogens (tertiary/aromatic N) is 2. The molecule has 0 aliphatic carbocycles. The van der Waals surface area contributed by atoms with Crippen LogP contribution >= 0.6 is 0 Å². The summed E-state index contributed by atoms with van der Waals surface area (Å²) in [5.41, 5.74) is 2.35. The molecule has 2 aromatic carbocycles. The Morgan fingerprint density at radius 3 is 2.64 bits per heavy atom. The van der Waals surface area contributed by atoms with E-state index in [2.05, 4.69) is 35.2 Å². The third kappa shape index (κ3) is 5.06. The van der Waals surface area contributed by atoms with Crippen molar-refractivity contribution in [3.8, 4) is 11.8 Å². The normalized spacial score (nSPS) is 18.6. The first kappa shape index (κ1) is 17.5. The molecule has 1 N–H and O–H groups in total. The van der Waals surface area contributed by atoms with Crippen LogP contribution in [-0.4, -0.2) is 42.4 Å². The van der Waals surface area contributed by atoms with Gasteiger partial charge in [0, 0.05) is 13.1 Å². The number of ether oxygens (including phenoxy) is 1. The van der Waals surface area contributed by atoms with Gasteiger partial charge in [0.2, 0.25) is 0 Å². The van der Waals surface area contributed by atoms with Gasteiger partial charge >= 0.3 is 0 Å². The molecule has 130 valence electrons. The van der Waals surface area contributed by atoms with Gasteiger partial charge in [-0.15, -0.1) is 0 Å². The van der Waals surface area contributed by atoms with E-state index in [1.165, 1.54) is 5.56 Å². The summed E-state index contributed by atoms with van der Waals surface area (Å²) >= 11 is 0. The second kappa shape index (κ2) is 8.66. The molecule has 1 aliphatic heterocycles. The summed E-state index contributed by atoms with van der Waals surface area (Å²) in [5.74, 6) is 1.28. The fourth-order valence-electron chi connectivity index (χ4n) is 3.33. The number of rotatable bonds is 7. The average Bonchev–Trinajstić information content (AvgIpc) is 3.11. The topological polar surface area (TPSA) is 56.5 Å². The van der Waals surface area contributed by atoms with Gasteiger partial charge in [0.15, 0.2) is 0 Å². The summed E-state index contributed by atoms with van der Waals surface area (Å²) in [6.45, 7) is 2.92. The fraction of sp³-hybridized carbons (Fsp3) is 0.381. The smallest absolute Gasteiger partial charge is 0.119 e. The van der Waals surface area contributed by atoms with Crippen LogP contribution in [0.2, 0.25) is 0 Å². The van der Waals surface area contributed by atoms with Gasteiger partial charge in [0.1, 0.15) is 18.5 Å². The van der Waals surface area contributed by atoms with E-state index < -0.39 is 6.10 Å². The van der Waals surface area contributed by atoms with Crippen LogP contribution < -0.4 is 4.74 Å². The Morgan fingerprint density at radius 1 is 1.16 bits per heavy atom. The molecule has 2 atom stereocenters. The van der Waals surface area contributed by atoms with Crippen LogP contribution in [-0.2, 0) is 6.42 Å². The van der Waals surface area contributed by atoms with E-state index in [0.717, 1.165) is 30.8 Å². The Hall–Kier alpha value is -2.35. The maximum Gasteiger partial charge on any atom is 0.119 e. The minimum Gasteiger partial charge on any atom is -0.491 e. The van der Waals surface area contributed by atoms with Crippen molar-refractivity contribution in [3.63, 3.8) is 0 Å². The molecular formula is C21H24N2O2. The highest BCUT2D eigenvalue weighted by molar-refractivity contribution is 5.28.